The Morgan fingerprint density at radius 2 is 2.00 bits per heavy atom. The molecule has 5 heteroatoms. The molecule has 0 saturated heterocycles. The maximum atomic E-state index is 12.7. The minimum Gasteiger partial charge on any atom is -0.326 e. The van der Waals surface area contributed by atoms with Gasteiger partial charge in [-0.15, -0.1) is 11.8 Å². The van der Waals surface area contributed by atoms with Gasteiger partial charge >= 0.3 is 6.18 Å². The van der Waals surface area contributed by atoms with Crippen molar-refractivity contribution in [2.75, 3.05) is 5.75 Å². The maximum absolute atomic E-state index is 12.7. The van der Waals surface area contributed by atoms with Crippen molar-refractivity contribution in [3.63, 3.8) is 0 Å². The van der Waals surface area contributed by atoms with E-state index in [1.807, 2.05) is 0 Å². The molecule has 0 heterocycles. The van der Waals surface area contributed by atoms with E-state index < -0.39 is 11.7 Å². The van der Waals surface area contributed by atoms with Gasteiger partial charge in [-0.25, -0.2) is 0 Å². The van der Waals surface area contributed by atoms with Crippen LogP contribution in [0, 0.1) is 0 Å². The van der Waals surface area contributed by atoms with Crippen molar-refractivity contribution in [1.29, 1.82) is 0 Å². The fourth-order valence-corrected chi connectivity index (χ4v) is 2.46. The van der Waals surface area contributed by atoms with Crippen molar-refractivity contribution in [2.45, 2.75) is 37.4 Å². The lowest BCUT2D eigenvalue weighted by molar-refractivity contribution is -0.138. The SMILES string of the molecule is CCCCSc1ccc(CN)c(C(F)(F)F)c1. The smallest absolute Gasteiger partial charge is 0.326 e. The molecule has 1 nitrogen and oxygen atoms in total. The summed E-state index contributed by atoms with van der Waals surface area (Å²) in [6.45, 7) is 1.97. The van der Waals surface area contributed by atoms with E-state index in [1.165, 1.54) is 23.9 Å². The number of nitrogens with two attached hydrogens (primary N) is 1. The second-order valence-corrected chi connectivity index (χ2v) is 4.89. The topological polar surface area (TPSA) is 26.0 Å². The third kappa shape index (κ3) is 4.24. The maximum Gasteiger partial charge on any atom is 0.416 e. The summed E-state index contributed by atoms with van der Waals surface area (Å²) in [6.07, 6.45) is -2.28. The van der Waals surface area contributed by atoms with Crippen LogP contribution in [-0.4, -0.2) is 5.75 Å². The molecule has 17 heavy (non-hydrogen) atoms. The van der Waals surface area contributed by atoms with Gasteiger partial charge in [0.25, 0.3) is 0 Å². The van der Waals surface area contributed by atoms with Crippen LogP contribution in [0.2, 0.25) is 0 Å². The van der Waals surface area contributed by atoms with E-state index in [0.29, 0.717) is 4.90 Å². The number of hydrogen-bond donors (Lipinski definition) is 1. The Morgan fingerprint density at radius 1 is 1.29 bits per heavy atom. The van der Waals surface area contributed by atoms with Crippen LogP contribution in [0.3, 0.4) is 0 Å². The molecule has 0 aliphatic carbocycles. The van der Waals surface area contributed by atoms with Crippen molar-refractivity contribution in [3.8, 4) is 0 Å². The molecule has 1 rings (SSSR count). The van der Waals surface area contributed by atoms with E-state index >= 15 is 0 Å². The predicted molar refractivity (Wildman–Crippen MR) is 65.0 cm³/mol. The number of halogens is 3. The summed E-state index contributed by atoms with van der Waals surface area (Å²) in [5.74, 6) is 0.843. The summed E-state index contributed by atoms with van der Waals surface area (Å²) < 4.78 is 38.2. The van der Waals surface area contributed by atoms with E-state index in [-0.39, 0.29) is 12.1 Å². The van der Waals surface area contributed by atoms with Crippen molar-refractivity contribution in [2.24, 2.45) is 5.73 Å². The Kier molecular flexibility index (Phi) is 5.33. The van der Waals surface area contributed by atoms with Crippen LogP contribution < -0.4 is 5.73 Å². The first-order valence-corrected chi connectivity index (χ1v) is 6.50. The Morgan fingerprint density at radius 3 is 2.53 bits per heavy atom. The van der Waals surface area contributed by atoms with Crippen LogP contribution >= 0.6 is 11.8 Å². The molecule has 0 saturated carbocycles. The van der Waals surface area contributed by atoms with Crippen LogP contribution in [0.1, 0.15) is 30.9 Å². The lowest BCUT2D eigenvalue weighted by Crippen LogP contribution is -2.12. The highest BCUT2D eigenvalue weighted by atomic mass is 32.2. The number of thioether (sulfide) groups is 1. The zero-order valence-corrected chi connectivity index (χ0v) is 10.5. The van der Waals surface area contributed by atoms with Crippen molar-refractivity contribution >= 4 is 11.8 Å². The van der Waals surface area contributed by atoms with Crippen molar-refractivity contribution < 1.29 is 13.2 Å². The summed E-state index contributed by atoms with van der Waals surface area (Å²) >= 11 is 1.45. The average Bonchev–Trinajstić information content (AvgIpc) is 2.28. The summed E-state index contributed by atoms with van der Waals surface area (Å²) in [5.41, 5.74) is 4.85. The average molecular weight is 263 g/mol. The molecule has 2 N–H and O–H groups in total. The monoisotopic (exact) mass is 263 g/mol. The molecule has 0 aliphatic heterocycles. The molecule has 0 atom stereocenters. The predicted octanol–water partition coefficient (Wildman–Crippen LogP) is 4.06. The molecule has 96 valence electrons. The molecule has 1 aromatic rings. The minimum absolute atomic E-state index is 0.0885. The van der Waals surface area contributed by atoms with Gasteiger partial charge in [0.15, 0.2) is 0 Å². The lowest BCUT2D eigenvalue weighted by Gasteiger charge is -2.13. The van der Waals surface area contributed by atoms with Crippen LogP contribution in [-0.2, 0) is 12.7 Å². The molecule has 0 bridgehead atoms. The molecular weight excluding hydrogens is 247 g/mol. The van der Waals surface area contributed by atoms with Gasteiger partial charge in [0.1, 0.15) is 0 Å². The first-order valence-electron chi connectivity index (χ1n) is 5.52. The molecule has 0 aromatic heterocycles. The number of benzene rings is 1. The van der Waals surface area contributed by atoms with Gasteiger partial charge in [0.2, 0.25) is 0 Å². The number of alkyl halides is 3. The summed E-state index contributed by atoms with van der Waals surface area (Å²) in [6, 6.07) is 4.37. The van der Waals surface area contributed by atoms with Crippen LogP contribution in [0.5, 0.6) is 0 Å². The summed E-state index contributed by atoms with van der Waals surface area (Å²) in [5, 5.41) is 0. The van der Waals surface area contributed by atoms with Gasteiger partial charge in [0, 0.05) is 11.4 Å². The number of unbranched alkanes of at least 4 members (excludes halogenated alkanes) is 1. The first-order chi connectivity index (χ1) is 7.99. The van der Waals surface area contributed by atoms with Gasteiger partial charge in [-0.2, -0.15) is 13.2 Å². The third-order valence-electron chi connectivity index (χ3n) is 2.37. The highest BCUT2D eigenvalue weighted by molar-refractivity contribution is 7.99. The van der Waals surface area contributed by atoms with Gasteiger partial charge in [-0.1, -0.05) is 19.4 Å². The van der Waals surface area contributed by atoms with Crippen LogP contribution in [0.4, 0.5) is 13.2 Å². The van der Waals surface area contributed by atoms with E-state index in [1.54, 1.807) is 6.07 Å². The molecule has 0 aliphatic rings. The van der Waals surface area contributed by atoms with E-state index in [9.17, 15) is 13.2 Å². The normalized spacial score (nSPS) is 11.8. The highest BCUT2D eigenvalue weighted by Gasteiger charge is 2.33. The minimum atomic E-state index is -4.32. The Labute approximate surface area is 104 Å². The third-order valence-corrected chi connectivity index (χ3v) is 3.45. The highest BCUT2D eigenvalue weighted by Crippen LogP contribution is 2.34. The molecule has 0 fully saturated rings. The lowest BCUT2D eigenvalue weighted by atomic mass is 10.1. The molecular formula is C12H16F3NS. The Balaban J connectivity index is 2.89. The summed E-state index contributed by atoms with van der Waals surface area (Å²) in [4.78, 5) is 0.656. The quantitative estimate of drug-likeness (QED) is 0.640. The zero-order valence-electron chi connectivity index (χ0n) is 9.68. The molecule has 1 aromatic carbocycles. The largest absolute Gasteiger partial charge is 0.416 e. The van der Waals surface area contributed by atoms with Gasteiger partial charge in [-0.05, 0) is 29.9 Å². The molecule has 0 unspecified atom stereocenters. The Hall–Kier alpha value is -0.680. The second kappa shape index (κ2) is 6.31. The van der Waals surface area contributed by atoms with Crippen molar-refractivity contribution in [3.05, 3.63) is 29.3 Å². The second-order valence-electron chi connectivity index (χ2n) is 3.72. The molecule has 0 spiro atoms. The molecule has 0 amide bonds. The summed E-state index contributed by atoms with van der Waals surface area (Å²) in [7, 11) is 0. The zero-order chi connectivity index (χ0) is 12.9. The van der Waals surface area contributed by atoms with Gasteiger partial charge in [-0.3, -0.25) is 0 Å². The Bertz CT molecular complexity index is 363. The van der Waals surface area contributed by atoms with E-state index in [2.05, 4.69) is 6.92 Å². The molecule has 0 radical (unpaired) electrons. The fourth-order valence-electron chi connectivity index (χ4n) is 1.42. The van der Waals surface area contributed by atoms with Crippen LogP contribution in [0.15, 0.2) is 23.1 Å². The first kappa shape index (κ1) is 14.4. The standard InChI is InChI=1S/C12H16F3NS/c1-2-3-6-17-10-5-4-9(8-16)11(7-10)12(13,14)15/h4-5,7H,2-3,6,8,16H2,1H3. The number of rotatable bonds is 5. The number of hydrogen-bond acceptors (Lipinski definition) is 2. The van der Waals surface area contributed by atoms with Gasteiger partial charge < -0.3 is 5.73 Å². The van der Waals surface area contributed by atoms with Crippen molar-refractivity contribution in [1.82, 2.24) is 0 Å². The van der Waals surface area contributed by atoms with Gasteiger partial charge in [0.05, 0.1) is 5.56 Å². The fraction of sp³-hybridized carbons (Fsp3) is 0.500. The van der Waals surface area contributed by atoms with E-state index in [4.69, 9.17) is 5.73 Å². The van der Waals surface area contributed by atoms with E-state index in [0.717, 1.165) is 18.6 Å². The van der Waals surface area contributed by atoms with Crippen LogP contribution in [0.25, 0.3) is 0 Å².